The highest BCUT2D eigenvalue weighted by Gasteiger charge is 2.44. The topological polar surface area (TPSA) is 99.3 Å². The molecule has 7 heteroatoms. The zero-order valence-electron chi connectivity index (χ0n) is 15.3. The Hall–Kier alpha value is -3.14. The van der Waals surface area contributed by atoms with Crippen molar-refractivity contribution in [1.82, 2.24) is 14.9 Å². The summed E-state index contributed by atoms with van der Waals surface area (Å²) in [6.45, 7) is 0.186. The summed E-state index contributed by atoms with van der Waals surface area (Å²) in [6, 6.07) is 11.1. The largest absolute Gasteiger partial charge is 0.496 e. The van der Waals surface area contributed by atoms with E-state index in [9.17, 15) is 15.2 Å². The number of carboxylic acid groups (broad SMARTS) is 1. The molecule has 0 spiro atoms. The van der Waals surface area contributed by atoms with Gasteiger partial charge in [0.05, 0.1) is 24.9 Å². The molecule has 1 N–H and O–H groups in total. The third-order valence-corrected chi connectivity index (χ3v) is 5.18. The van der Waals surface area contributed by atoms with E-state index >= 15 is 0 Å². The third kappa shape index (κ3) is 3.70. The summed E-state index contributed by atoms with van der Waals surface area (Å²) in [5.74, 6) is 0.704. The highest BCUT2D eigenvalue weighted by Crippen LogP contribution is 2.43. The van der Waals surface area contributed by atoms with Crippen LogP contribution in [0, 0.1) is 11.3 Å². The molecule has 140 valence electrons. The standard InChI is InChI=1S/C20H22N4O3/c1-27-16-8-4-3-7-15(16)14-24(19(25)26)20(10-5-2-6-11-20)17-9-12-22-18(13-21)23-17/h3-4,7-9,12H,2,5-6,10-11,14H2,1H3,(H,25,26). The zero-order chi connectivity index (χ0) is 19.3. The average Bonchev–Trinajstić information content (AvgIpc) is 2.72. The fraction of sp³-hybridized carbons (Fsp3) is 0.400. The minimum atomic E-state index is -1.01. The van der Waals surface area contributed by atoms with Gasteiger partial charge >= 0.3 is 6.09 Å². The molecule has 2 aromatic rings. The maximum absolute atomic E-state index is 12.3. The third-order valence-electron chi connectivity index (χ3n) is 5.18. The second kappa shape index (κ2) is 8.04. The Balaban J connectivity index is 2.07. The normalized spacial score (nSPS) is 15.6. The van der Waals surface area contributed by atoms with Crippen molar-refractivity contribution >= 4 is 6.09 Å². The van der Waals surface area contributed by atoms with E-state index < -0.39 is 11.6 Å². The van der Waals surface area contributed by atoms with Crippen molar-refractivity contribution in [2.75, 3.05) is 7.11 Å². The maximum Gasteiger partial charge on any atom is 0.408 e. The van der Waals surface area contributed by atoms with Crippen molar-refractivity contribution in [1.29, 1.82) is 5.26 Å². The molecule has 1 heterocycles. The molecule has 1 fully saturated rings. The summed E-state index contributed by atoms with van der Waals surface area (Å²) in [5, 5.41) is 19.3. The smallest absolute Gasteiger partial charge is 0.408 e. The molecule has 0 bridgehead atoms. The molecule has 0 saturated heterocycles. The van der Waals surface area contributed by atoms with Gasteiger partial charge in [0.25, 0.3) is 0 Å². The van der Waals surface area contributed by atoms with Crippen molar-refractivity contribution < 1.29 is 14.6 Å². The van der Waals surface area contributed by atoms with Crippen LogP contribution in [0.15, 0.2) is 36.5 Å². The van der Waals surface area contributed by atoms with Gasteiger partial charge in [0.15, 0.2) is 0 Å². The van der Waals surface area contributed by atoms with Gasteiger partial charge in [-0.05, 0) is 25.0 Å². The van der Waals surface area contributed by atoms with Crippen LogP contribution in [-0.4, -0.2) is 33.2 Å². The van der Waals surface area contributed by atoms with Gasteiger partial charge in [0, 0.05) is 11.8 Å². The molecule has 0 atom stereocenters. The predicted octanol–water partition coefficient (Wildman–Crippen LogP) is 3.70. The number of aromatic nitrogens is 2. The molecule has 0 unspecified atom stereocenters. The lowest BCUT2D eigenvalue weighted by Crippen LogP contribution is -2.50. The summed E-state index contributed by atoms with van der Waals surface area (Å²) in [4.78, 5) is 22.1. The fourth-order valence-corrected chi connectivity index (χ4v) is 3.88. The molecule has 0 radical (unpaired) electrons. The van der Waals surface area contributed by atoms with Crippen LogP contribution in [0.3, 0.4) is 0 Å². The molecule has 27 heavy (non-hydrogen) atoms. The fourth-order valence-electron chi connectivity index (χ4n) is 3.88. The lowest BCUT2D eigenvalue weighted by Gasteiger charge is -2.44. The van der Waals surface area contributed by atoms with E-state index in [1.165, 1.54) is 11.1 Å². The van der Waals surface area contributed by atoms with Crippen LogP contribution in [-0.2, 0) is 12.1 Å². The molecule has 1 aromatic carbocycles. The van der Waals surface area contributed by atoms with E-state index in [0.717, 1.165) is 24.8 Å². The molecule has 1 saturated carbocycles. The first-order valence-electron chi connectivity index (χ1n) is 8.97. The van der Waals surface area contributed by atoms with Crippen LogP contribution >= 0.6 is 0 Å². The van der Waals surface area contributed by atoms with Gasteiger partial charge in [-0.3, -0.25) is 4.90 Å². The predicted molar refractivity (Wildman–Crippen MR) is 98.1 cm³/mol. The number of amides is 1. The van der Waals surface area contributed by atoms with Gasteiger partial charge in [-0.25, -0.2) is 14.8 Å². The summed E-state index contributed by atoms with van der Waals surface area (Å²) in [7, 11) is 1.57. The molecule has 3 rings (SSSR count). The Kier molecular flexibility index (Phi) is 5.55. The molecule has 1 aliphatic carbocycles. The lowest BCUT2D eigenvalue weighted by molar-refractivity contribution is 0.0380. The Labute approximate surface area is 158 Å². The Morgan fingerprint density at radius 2 is 2.04 bits per heavy atom. The van der Waals surface area contributed by atoms with E-state index in [-0.39, 0.29) is 12.4 Å². The second-order valence-corrected chi connectivity index (χ2v) is 6.65. The van der Waals surface area contributed by atoms with Gasteiger partial charge < -0.3 is 9.84 Å². The number of hydrogen-bond acceptors (Lipinski definition) is 5. The van der Waals surface area contributed by atoms with Crippen LogP contribution in [0.5, 0.6) is 5.75 Å². The quantitative estimate of drug-likeness (QED) is 0.866. The molecule has 7 nitrogen and oxygen atoms in total. The van der Waals surface area contributed by atoms with Crippen molar-refractivity contribution in [2.45, 2.75) is 44.2 Å². The Morgan fingerprint density at radius 3 is 2.70 bits per heavy atom. The van der Waals surface area contributed by atoms with Crippen LogP contribution in [0.1, 0.15) is 49.2 Å². The van der Waals surface area contributed by atoms with Gasteiger partial charge in [0.1, 0.15) is 11.8 Å². The van der Waals surface area contributed by atoms with E-state index in [2.05, 4.69) is 9.97 Å². The van der Waals surface area contributed by atoms with E-state index in [4.69, 9.17) is 4.74 Å². The van der Waals surface area contributed by atoms with Gasteiger partial charge in [-0.15, -0.1) is 0 Å². The maximum atomic E-state index is 12.3. The number of nitriles is 1. The Bertz CT molecular complexity index is 856. The molecular weight excluding hydrogens is 344 g/mol. The minimum absolute atomic E-state index is 0.0556. The van der Waals surface area contributed by atoms with Crippen molar-refractivity contribution in [2.24, 2.45) is 0 Å². The van der Waals surface area contributed by atoms with Gasteiger partial charge in [-0.2, -0.15) is 5.26 Å². The molecule has 1 aromatic heterocycles. The summed E-state index contributed by atoms with van der Waals surface area (Å²) in [6.07, 6.45) is 4.70. The monoisotopic (exact) mass is 366 g/mol. The minimum Gasteiger partial charge on any atom is -0.496 e. The lowest BCUT2D eigenvalue weighted by atomic mass is 9.77. The first-order chi connectivity index (χ1) is 13.1. The number of methoxy groups -OCH3 is 1. The number of hydrogen-bond donors (Lipinski definition) is 1. The van der Waals surface area contributed by atoms with E-state index in [1.807, 2.05) is 30.3 Å². The van der Waals surface area contributed by atoms with Crippen LogP contribution in [0.25, 0.3) is 0 Å². The number of ether oxygens (including phenoxy) is 1. The summed E-state index contributed by atoms with van der Waals surface area (Å²) in [5.41, 5.74) is 0.604. The molecule has 1 amide bonds. The van der Waals surface area contributed by atoms with Gasteiger partial charge in [0.2, 0.25) is 5.82 Å². The first kappa shape index (κ1) is 18.6. The SMILES string of the molecule is COc1ccccc1CN(C(=O)O)C1(c2ccnc(C#N)n2)CCCCC1. The van der Waals surface area contributed by atoms with Crippen molar-refractivity contribution in [3.05, 3.63) is 53.6 Å². The summed E-state index contributed by atoms with van der Waals surface area (Å²) >= 11 is 0. The van der Waals surface area contributed by atoms with E-state index in [0.29, 0.717) is 24.3 Å². The van der Waals surface area contributed by atoms with Gasteiger partial charge in [-0.1, -0.05) is 37.5 Å². The second-order valence-electron chi connectivity index (χ2n) is 6.65. The molecule has 1 aliphatic rings. The number of para-hydroxylation sites is 1. The molecular formula is C20H22N4O3. The number of carbonyl (C=O) groups is 1. The highest BCUT2D eigenvalue weighted by molar-refractivity contribution is 5.67. The summed E-state index contributed by atoms with van der Waals surface area (Å²) < 4.78 is 5.40. The van der Waals surface area contributed by atoms with Crippen molar-refractivity contribution in [3.63, 3.8) is 0 Å². The average molecular weight is 366 g/mol. The van der Waals surface area contributed by atoms with Crippen LogP contribution < -0.4 is 4.74 Å². The number of nitrogens with zero attached hydrogens (tertiary/aromatic N) is 4. The van der Waals surface area contributed by atoms with Crippen LogP contribution in [0.4, 0.5) is 4.79 Å². The Morgan fingerprint density at radius 1 is 1.30 bits per heavy atom. The van der Waals surface area contributed by atoms with Crippen molar-refractivity contribution in [3.8, 4) is 11.8 Å². The van der Waals surface area contributed by atoms with Crippen LogP contribution in [0.2, 0.25) is 0 Å². The first-order valence-corrected chi connectivity index (χ1v) is 8.97. The molecule has 0 aliphatic heterocycles. The highest BCUT2D eigenvalue weighted by atomic mass is 16.5. The number of rotatable bonds is 5. The zero-order valence-corrected chi connectivity index (χ0v) is 15.3. The number of benzene rings is 1. The van der Waals surface area contributed by atoms with E-state index in [1.54, 1.807) is 13.2 Å².